The molecular weight excluding hydrogens is 299 g/mol. The number of nitrogens with zero attached hydrogens (tertiary/aromatic N) is 3. The fourth-order valence-electron chi connectivity index (χ4n) is 2.62. The molecule has 0 aromatic carbocycles. The average molecular weight is 315 g/mol. The Morgan fingerprint density at radius 1 is 1.23 bits per heavy atom. The zero-order valence-corrected chi connectivity index (χ0v) is 11.8. The van der Waals surface area contributed by atoms with Crippen molar-refractivity contribution < 1.29 is 22.7 Å². The standard InChI is InChI=1S/C14H16F3N3O2/c15-14(16,17)11-2-1-3-12(18-11)20-8-10(9-20)13(21)19-4-6-22-7-5-19/h1-3,10H,4-9H2. The number of alkyl halides is 3. The van der Waals surface area contributed by atoms with Crippen molar-refractivity contribution in [3.63, 3.8) is 0 Å². The van der Waals surface area contributed by atoms with E-state index in [0.717, 1.165) is 6.07 Å². The van der Waals surface area contributed by atoms with Gasteiger partial charge in [-0.05, 0) is 12.1 Å². The Bertz CT molecular complexity index is 553. The van der Waals surface area contributed by atoms with E-state index < -0.39 is 11.9 Å². The lowest BCUT2D eigenvalue weighted by molar-refractivity contribution is -0.142. The number of amides is 1. The summed E-state index contributed by atoms with van der Waals surface area (Å²) in [6.45, 7) is 3.05. The van der Waals surface area contributed by atoms with Crippen LogP contribution in [0.25, 0.3) is 0 Å². The van der Waals surface area contributed by atoms with E-state index in [4.69, 9.17) is 4.74 Å². The van der Waals surface area contributed by atoms with Crippen molar-refractivity contribution >= 4 is 11.7 Å². The molecule has 2 fully saturated rings. The Balaban J connectivity index is 1.60. The van der Waals surface area contributed by atoms with E-state index in [1.165, 1.54) is 12.1 Å². The van der Waals surface area contributed by atoms with Gasteiger partial charge in [-0.25, -0.2) is 4.98 Å². The number of aromatic nitrogens is 1. The van der Waals surface area contributed by atoms with Crippen molar-refractivity contribution in [1.29, 1.82) is 0 Å². The van der Waals surface area contributed by atoms with Gasteiger partial charge in [-0.2, -0.15) is 13.2 Å². The van der Waals surface area contributed by atoms with Crippen LogP contribution in [0.3, 0.4) is 0 Å². The maximum atomic E-state index is 12.6. The Hall–Kier alpha value is -1.83. The van der Waals surface area contributed by atoms with Crippen molar-refractivity contribution in [2.24, 2.45) is 5.92 Å². The van der Waals surface area contributed by atoms with E-state index in [1.807, 2.05) is 0 Å². The second kappa shape index (κ2) is 5.75. The minimum Gasteiger partial charge on any atom is -0.378 e. The summed E-state index contributed by atoms with van der Waals surface area (Å²) in [6, 6.07) is 3.81. The summed E-state index contributed by atoms with van der Waals surface area (Å²) >= 11 is 0. The number of carbonyl (C=O) groups is 1. The van der Waals surface area contributed by atoms with Crippen molar-refractivity contribution in [2.45, 2.75) is 6.18 Å². The number of carbonyl (C=O) groups excluding carboxylic acids is 1. The number of halogens is 3. The number of hydrogen-bond donors (Lipinski definition) is 0. The van der Waals surface area contributed by atoms with Gasteiger partial charge in [0.25, 0.3) is 0 Å². The van der Waals surface area contributed by atoms with E-state index in [1.54, 1.807) is 9.80 Å². The predicted octanol–water partition coefficient (Wildman–Crippen LogP) is 1.40. The molecule has 0 unspecified atom stereocenters. The van der Waals surface area contributed by atoms with Crippen LogP contribution in [0.4, 0.5) is 19.0 Å². The third-order valence-electron chi connectivity index (χ3n) is 3.90. The molecule has 8 heteroatoms. The van der Waals surface area contributed by atoms with Crippen LogP contribution in [0.5, 0.6) is 0 Å². The van der Waals surface area contributed by atoms with Gasteiger partial charge in [0, 0.05) is 26.2 Å². The zero-order chi connectivity index (χ0) is 15.7. The topological polar surface area (TPSA) is 45.7 Å². The average Bonchev–Trinajstić information content (AvgIpc) is 2.46. The van der Waals surface area contributed by atoms with Crippen molar-refractivity contribution in [3.05, 3.63) is 23.9 Å². The first-order valence-electron chi connectivity index (χ1n) is 7.11. The summed E-state index contributed by atoms with van der Waals surface area (Å²) in [5.74, 6) is 0.141. The monoisotopic (exact) mass is 315 g/mol. The van der Waals surface area contributed by atoms with E-state index >= 15 is 0 Å². The molecule has 0 aliphatic carbocycles. The number of hydrogen-bond acceptors (Lipinski definition) is 4. The van der Waals surface area contributed by atoms with Crippen LogP contribution >= 0.6 is 0 Å². The lowest BCUT2D eigenvalue weighted by Crippen LogP contribution is -2.56. The van der Waals surface area contributed by atoms with E-state index in [0.29, 0.717) is 39.4 Å². The van der Waals surface area contributed by atoms with Crippen LogP contribution in [0.15, 0.2) is 18.2 Å². The van der Waals surface area contributed by atoms with Gasteiger partial charge in [0.15, 0.2) is 0 Å². The first-order valence-corrected chi connectivity index (χ1v) is 7.11. The summed E-state index contributed by atoms with van der Waals surface area (Å²) in [4.78, 5) is 19.3. The molecule has 1 aromatic heterocycles. The van der Waals surface area contributed by atoms with Gasteiger partial charge in [-0.1, -0.05) is 6.07 Å². The van der Waals surface area contributed by atoms with Crippen LogP contribution in [0, 0.1) is 5.92 Å². The summed E-state index contributed by atoms with van der Waals surface area (Å²) in [5.41, 5.74) is -0.909. The van der Waals surface area contributed by atoms with Gasteiger partial charge in [0.1, 0.15) is 11.5 Å². The van der Waals surface area contributed by atoms with Gasteiger partial charge in [0.05, 0.1) is 19.1 Å². The number of rotatable bonds is 2. The highest BCUT2D eigenvalue weighted by atomic mass is 19.4. The van der Waals surface area contributed by atoms with E-state index in [9.17, 15) is 18.0 Å². The molecule has 1 aromatic rings. The van der Waals surface area contributed by atoms with Crippen LogP contribution in [0.1, 0.15) is 5.69 Å². The number of pyridine rings is 1. The highest BCUT2D eigenvalue weighted by Crippen LogP contribution is 2.31. The third-order valence-corrected chi connectivity index (χ3v) is 3.90. The number of ether oxygens (including phenoxy) is 1. The quantitative estimate of drug-likeness (QED) is 0.827. The summed E-state index contributed by atoms with van der Waals surface area (Å²) in [6.07, 6.45) is -4.45. The van der Waals surface area contributed by atoms with Gasteiger partial charge in [-0.15, -0.1) is 0 Å². The van der Waals surface area contributed by atoms with Crippen LogP contribution in [-0.4, -0.2) is 55.2 Å². The maximum absolute atomic E-state index is 12.6. The Kier molecular flexibility index (Phi) is 3.94. The first kappa shape index (κ1) is 15.1. The molecule has 22 heavy (non-hydrogen) atoms. The Labute approximate surface area is 125 Å². The lowest BCUT2D eigenvalue weighted by atomic mass is 9.98. The predicted molar refractivity (Wildman–Crippen MR) is 72.3 cm³/mol. The fraction of sp³-hybridized carbons (Fsp3) is 0.571. The second-order valence-electron chi connectivity index (χ2n) is 5.42. The highest BCUT2D eigenvalue weighted by molar-refractivity contribution is 5.82. The third kappa shape index (κ3) is 3.01. The summed E-state index contributed by atoms with van der Waals surface area (Å²) in [5, 5.41) is 0. The van der Waals surface area contributed by atoms with E-state index in [-0.39, 0.29) is 17.6 Å². The fourth-order valence-corrected chi connectivity index (χ4v) is 2.62. The molecule has 2 aliphatic heterocycles. The molecule has 1 amide bonds. The summed E-state index contributed by atoms with van der Waals surface area (Å²) in [7, 11) is 0. The largest absolute Gasteiger partial charge is 0.433 e. The first-order chi connectivity index (χ1) is 10.4. The molecule has 2 saturated heterocycles. The van der Waals surface area contributed by atoms with Gasteiger partial charge < -0.3 is 14.5 Å². The van der Waals surface area contributed by atoms with Crippen molar-refractivity contribution in [1.82, 2.24) is 9.88 Å². The minimum absolute atomic E-state index is 0.0477. The second-order valence-corrected chi connectivity index (χ2v) is 5.42. The highest BCUT2D eigenvalue weighted by Gasteiger charge is 2.38. The summed E-state index contributed by atoms with van der Waals surface area (Å²) < 4.78 is 43.1. The minimum atomic E-state index is -4.45. The smallest absolute Gasteiger partial charge is 0.378 e. The molecular formula is C14H16F3N3O2. The molecule has 0 spiro atoms. The van der Waals surface area contributed by atoms with Gasteiger partial charge in [-0.3, -0.25) is 4.79 Å². The molecule has 0 bridgehead atoms. The lowest BCUT2D eigenvalue weighted by Gasteiger charge is -2.42. The van der Waals surface area contributed by atoms with Crippen LogP contribution < -0.4 is 4.90 Å². The molecule has 3 rings (SSSR count). The molecule has 5 nitrogen and oxygen atoms in total. The molecule has 3 heterocycles. The Morgan fingerprint density at radius 3 is 2.55 bits per heavy atom. The zero-order valence-electron chi connectivity index (χ0n) is 11.8. The van der Waals surface area contributed by atoms with Crippen LogP contribution in [-0.2, 0) is 15.7 Å². The van der Waals surface area contributed by atoms with Gasteiger partial charge >= 0.3 is 6.18 Å². The Morgan fingerprint density at radius 2 is 1.91 bits per heavy atom. The molecule has 120 valence electrons. The van der Waals surface area contributed by atoms with Gasteiger partial charge in [0.2, 0.25) is 5.91 Å². The molecule has 0 saturated carbocycles. The van der Waals surface area contributed by atoms with E-state index in [2.05, 4.69) is 4.98 Å². The van der Waals surface area contributed by atoms with Crippen molar-refractivity contribution in [2.75, 3.05) is 44.3 Å². The number of morpholine rings is 1. The number of anilines is 1. The molecule has 0 atom stereocenters. The maximum Gasteiger partial charge on any atom is 0.433 e. The van der Waals surface area contributed by atoms with Crippen LogP contribution in [0.2, 0.25) is 0 Å². The molecule has 0 N–H and O–H groups in total. The van der Waals surface area contributed by atoms with Crippen molar-refractivity contribution in [3.8, 4) is 0 Å². The normalized spacial score (nSPS) is 20.0. The SMILES string of the molecule is O=C(C1CN(c2cccc(C(F)(F)F)n2)C1)N1CCOCC1. The molecule has 2 aliphatic rings. The molecule has 0 radical (unpaired) electrons.